The number of fused-ring (bicyclic) bond motifs is 1. The van der Waals surface area contributed by atoms with Crippen molar-refractivity contribution in [3.05, 3.63) is 21.8 Å². The molecule has 1 saturated heterocycles. The van der Waals surface area contributed by atoms with Crippen LogP contribution in [0.5, 0.6) is 5.75 Å². The maximum Gasteiger partial charge on any atom is 0.265 e. The van der Waals surface area contributed by atoms with E-state index >= 15 is 0 Å². The molecule has 19 heavy (non-hydrogen) atoms. The Morgan fingerprint density at radius 2 is 2.32 bits per heavy atom. The number of hydrogen-bond donors (Lipinski definition) is 0. The third-order valence-electron chi connectivity index (χ3n) is 3.56. The van der Waals surface area contributed by atoms with Crippen molar-refractivity contribution in [3.63, 3.8) is 0 Å². The quantitative estimate of drug-likeness (QED) is 0.765. The molecule has 0 aliphatic carbocycles. The van der Waals surface area contributed by atoms with E-state index in [4.69, 9.17) is 9.47 Å². The molecule has 0 aromatic heterocycles. The van der Waals surface area contributed by atoms with E-state index in [9.17, 15) is 4.79 Å². The highest BCUT2D eigenvalue weighted by atomic mass is 127. The lowest BCUT2D eigenvalue weighted by Gasteiger charge is -2.30. The van der Waals surface area contributed by atoms with Crippen LogP contribution >= 0.6 is 22.6 Å². The van der Waals surface area contributed by atoms with Crippen molar-refractivity contribution < 1.29 is 14.3 Å². The van der Waals surface area contributed by atoms with Crippen molar-refractivity contribution in [2.75, 3.05) is 24.7 Å². The number of rotatable bonds is 3. The number of amides is 1. The van der Waals surface area contributed by atoms with Gasteiger partial charge in [0, 0.05) is 16.7 Å². The number of nitrogens with zero attached hydrogens (tertiary/aromatic N) is 1. The first-order valence-electron chi connectivity index (χ1n) is 6.58. The van der Waals surface area contributed by atoms with E-state index in [0.29, 0.717) is 12.6 Å². The standard InChI is InChI=1S/C14H16INO3/c15-10-3-4-13-12(8-10)16(14(17)9-19-13)6-5-11-2-1-7-18-11/h3-4,8,11H,1-2,5-7,9H2. The molecule has 0 radical (unpaired) electrons. The topological polar surface area (TPSA) is 38.8 Å². The molecule has 1 fully saturated rings. The van der Waals surface area contributed by atoms with E-state index in [2.05, 4.69) is 22.6 Å². The Kier molecular flexibility index (Phi) is 3.93. The summed E-state index contributed by atoms with van der Waals surface area (Å²) in [5.74, 6) is 0.833. The fourth-order valence-electron chi connectivity index (χ4n) is 2.57. The second-order valence-corrected chi connectivity index (χ2v) is 6.12. The van der Waals surface area contributed by atoms with Gasteiger partial charge in [-0.15, -0.1) is 0 Å². The van der Waals surface area contributed by atoms with Crippen LogP contribution in [0.25, 0.3) is 0 Å². The minimum absolute atomic E-state index is 0.0347. The predicted molar refractivity (Wildman–Crippen MR) is 80.6 cm³/mol. The summed E-state index contributed by atoms with van der Waals surface area (Å²) >= 11 is 2.25. The van der Waals surface area contributed by atoms with Gasteiger partial charge in [-0.1, -0.05) is 0 Å². The van der Waals surface area contributed by atoms with Crippen molar-refractivity contribution in [1.82, 2.24) is 0 Å². The van der Waals surface area contributed by atoms with Crippen molar-refractivity contribution >= 4 is 34.2 Å². The number of benzene rings is 1. The first kappa shape index (κ1) is 13.2. The average molecular weight is 373 g/mol. The summed E-state index contributed by atoms with van der Waals surface area (Å²) in [5.41, 5.74) is 0.890. The number of halogens is 1. The molecule has 1 aromatic carbocycles. The summed E-state index contributed by atoms with van der Waals surface area (Å²) in [7, 11) is 0. The summed E-state index contributed by atoms with van der Waals surface area (Å²) < 4.78 is 12.2. The minimum atomic E-state index is 0.0347. The van der Waals surface area contributed by atoms with Gasteiger partial charge in [0.2, 0.25) is 0 Å². The zero-order valence-corrected chi connectivity index (χ0v) is 12.8. The predicted octanol–water partition coefficient (Wildman–Crippen LogP) is 2.59. The molecular formula is C14H16INO3. The average Bonchev–Trinajstić information content (AvgIpc) is 2.91. The first-order valence-corrected chi connectivity index (χ1v) is 7.66. The Hall–Kier alpha value is -0.820. The summed E-state index contributed by atoms with van der Waals surface area (Å²) in [6.07, 6.45) is 3.45. The van der Waals surface area contributed by atoms with Crippen LogP contribution < -0.4 is 9.64 Å². The molecule has 5 heteroatoms. The molecule has 102 valence electrons. The smallest absolute Gasteiger partial charge is 0.265 e. The maximum absolute atomic E-state index is 12.0. The van der Waals surface area contributed by atoms with Gasteiger partial charge in [-0.25, -0.2) is 0 Å². The molecule has 3 rings (SSSR count). The number of carbonyl (C=O) groups excluding carboxylic acids is 1. The summed E-state index contributed by atoms with van der Waals surface area (Å²) in [6, 6.07) is 5.93. The second-order valence-electron chi connectivity index (χ2n) is 4.87. The molecule has 1 atom stereocenters. The molecule has 1 amide bonds. The van der Waals surface area contributed by atoms with E-state index in [-0.39, 0.29) is 12.5 Å². The summed E-state index contributed by atoms with van der Waals surface area (Å²) in [4.78, 5) is 13.9. The Morgan fingerprint density at radius 1 is 1.42 bits per heavy atom. The molecule has 0 bridgehead atoms. The summed E-state index contributed by atoms with van der Waals surface area (Å²) in [5, 5.41) is 0. The summed E-state index contributed by atoms with van der Waals surface area (Å²) in [6.45, 7) is 1.70. The van der Waals surface area contributed by atoms with E-state index in [1.807, 2.05) is 23.1 Å². The SMILES string of the molecule is O=C1COc2ccc(I)cc2N1CCC1CCCO1. The van der Waals surface area contributed by atoms with Crippen LogP contribution in [0.1, 0.15) is 19.3 Å². The Labute approximate surface area is 126 Å². The highest BCUT2D eigenvalue weighted by Gasteiger charge is 2.27. The fraction of sp³-hybridized carbons (Fsp3) is 0.500. The largest absolute Gasteiger partial charge is 0.482 e. The monoisotopic (exact) mass is 373 g/mol. The highest BCUT2D eigenvalue weighted by molar-refractivity contribution is 14.1. The van der Waals surface area contributed by atoms with Crippen molar-refractivity contribution in [2.45, 2.75) is 25.4 Å². The fourth-order valence-corrected chi connectivity index (χ4v) is 3.04. The number of hydrogen-bond acceptors (Lipinski definition) is 3. The third kappa shape index (κ3) is 2.86. The van der Waals surface area contributed by atoms with Gasteiger partial charge in [0.1, 0.15) is 5.75 Å². The van der Waals surface area contributed by atoms with Gasteiger partial charge in [-0.3, -0.25) is 4.79 Å². The molecule has 0 saturated carbocycles. The zero-order chi connectivity index (χ0) is 13.2. The minimum Gasteiger partial charge on any atom is -0.482 e. The second kappa shape index (κ2) is 5.66. The van der Waals surface area contributed by atoms with E-state index in [1.54, 1.807) is 0 Å². The van der Waals surface area contributed by atoms with Crippen LogP contribution in [0.15, 0.2) is 18.2 Å². The first-order chi connectivity index (χ1) is 9.24. The number of carbonyl (C=O) groups is 1. The van der Waals surface area contributed by atoms with Crippen LogP contribution in [-0.2, 0) is 9.53 Å². The van der Waals surface area contributed by atoms with Crippen molar-refractivity contribution in [1.29, 1.82) is 0 Å². The molecule has 2 aliphatic heterocycles. The molecule has 2 heterocycles. The normalized spacial score (nSPS) is 22.3. The van der Waals surface area contributed by atoms with Gasteiger partial charge in [-0.05, 0) is 60.1 Å². The molecule has 0 N–H and O–H groups in total. The molecule has 1 unspecified atom stereocenters. The highest BCUT2D eigenvalue weighted by Crippen LogP contribution is 2.33. The Balaban J connectivity index is 1.76. The van der Waals surface area contributed by atoms with Crippen LogP contribution in [-0.4, -0.2) is 31.8 Å². The van der Waals surface area contributed by atoms with Crippen molar-refractivity contribution in [2.24, 2.45) is 0 Å². The van der Waals surface area contributed by atoms with E-state index < -0.39 is 0 Å². The molecule has 4 nitrogen and oxygen atoms in total. The lowest BCUT2D eigenvalue weighted by atomic mass is 10.1. The van der Waals surface area contributed by atoms with Gasteiger partial charge in [-0.2, -0.15) is 0 Å². The molecule has 0 spiro atoms. The van der Waals surface area contributed by atoms with E-state index in [1.165, 1.54) is 0 Å². The van der Waals surface area contributed by atoms with Gasteiger partial charge < -0.3 is 14.4 Å². The molecular weight excluding hydrogens is 357 g/mol. The van der Waals surface area contributed by atoms with Crippen LogP contribution in [0, 0.1) is 3.57 Å². The van der Waals surface area contributed by atoms with Gasteiger partial charge in [0.25, 0.3) is 5.91 Å². The molecule has 2 aliphatic rings. The lowest BCUT2D eigenvalue weighted by molar-refractivity contribution is -0.121. The maximum atomic E-state index is 12.0. The van der Waals surface area contributed by atoms with Crippen LogP contribution in [0.3, 0.4) is 0 Å². The number of anilines is 1. The van der Waals surface area contributed by atoms with Crippen molar-refractivity contribution in [3.8, 4) is 5.75 Å². The van der Waals surface area contributed by atoms with Gasteiger partial charge in [0.05, 0.1) is 11.8 Å². The Bertz CT molecular complexity index is 486. The number of ether oxygens (including phenoxy) is 2. The van der Waals surface area contributed by atoms with Gasteiger partial charge >= 0.3 is 0 Å². The van der Waals surface area contributed by atoms with Gasteiger partial charge in [0.15, 0.2) is 6.61 Å². The molecule has 1 aromatic rings. The zero-order valence-electron chi connectivity index (χ0n) is 10.6. The van der Waals surface area contributed by atoms with Crippen LogP contribution in [0.2, 0.25) is 0 Å². The third-order valence-corrected chi connectivity index (χ3v) is 4.23. The lowest BCUT2D eigenvalue weighted by Crippen LogP contribution is -2.40. The van der Waals surface area contributed by atoms with Crippen LogP contribution in [0.4, 0.5) is 5.69 Å². The Morgan fingerprint density at radius 3 is 3.11 bits per heavy atom. The van der Waals surface area contributed by atoms with E-state index in [0.717, 1.165) is 40.9 Å².